The maximum atomic E-state index is 12.7. The van der Waals surface area contributed by atoms with Crippen LogP contribution >= 0.6 is 11.3 Å². The summed E-state index contributed by atoms with van der Waals surface area (Å²) in [5.41, 5.74) is 3.06. The summed E-state index contributed by atoms with van der Waals surface area (Å²) in [5.74, 6) is 1.40. The van der Waals surface area contributed by atoms with Crippen LogP contribution in [0.1, 0.15) is 16.0 Å². The van der Waals surface area contributed by atoms with Crippen molar-refractivity contribution >= 4 is 23.1 Å². The third-order valence-corrected chi connectivity index (χ3v) is 5.46. The highest BCUT2D eigenvalue weighted by molar-refractivity contribution is 7.10. The molecule has 0 radical (unpaired) electrons. The van der Waals surface area contributed by atoms with Crippen molar-refractivity contribution in [1.82, 2.24) is 4.90 Å². The smallest absolute Gasteiger partial charge is 0.322 e. The lowest BCUT2D eigenvalue weighted by atomic mass is 10.1. The quantitative estimate of drug-likeness (QED) is 0.672. The number of aryl methyl sites for hydroxylation is 1. The van der Waals surface area contributed by atoms with Gasteiger partial charge in [-0.3, -0.25) is 0 Å². The van der Waals surface area contributed by atoms with E-state index in [1.807, 2.05) is 60.4 Å². The van der Waals surface area contributed by atoms with Crippen LogP contribution in [0.25, 0.3) is 0 Å². The van der Waals surface area contributed by atoms with Crippen molar-refractivity contribution in [3.8, 4) is 11.5 Å². The molecule has 26 heavy (non-hydrogen) atoms. The molecule has 0 fully saturated rings. The van der Waals surface area contributed by atoms with E-state index in [1.165, 1.54) is 10.4 Å². The largest absolute Gasteiger partial charge is 0.455 e. The van der Waals surface area contributed by atoms with Crippen LogP contribution < -0.4 is 10.1 Å². The van der Waals surface area contributed by atoms with E-state index >= 15 is 0 Å². The Labute approximate surface area is 157 Å². The molecule has 5 heteroatoms. The van der Waals surface area contributed by atoms with E-state index in [0.29, 0.717) is 18.0 Å². The molecule has 0 atom stereocenters. The summed E-state index contributed by atoms with van der Waals surface area (Å²) >= 11 is 1.77. The van der Waals surface area contributed by atoms with Gasteiger partial charge in [-0.25, -0.2) is 4.79 Å². The fourth-order valence-corrected chi connectivity index (χ4v) is 3.97. The molecule has 4 rings (SSSR count). The number of urea groups is 1. The van der Waals surface area contributed by atoms with Gasteiger partial charge in [-0.2, -0.15) is 0 Å². The minimum atomic E-state index is -0.0952. The highest BCUT2D eigenvalue weighted by atomic mass is 32.1. The second-order valence-corrected chi connectivity index (χ2v) is 7.39. The molecule has 132 valence electrons. The Balaban J connectivity index is 1.49. The number of hydrogen-bond donors (Lipinski definition) is 1. The molecule has 2 amide bonds. The topological polar surface area (TPSA) is 41.6 Å². The first-order chi connectivity index (χ1) is 12.7. The zero-order chi connectivity index (χ0) is 17.9. The Bertz CT molecular complexity index is 935. The number of fused-ring (bicyclic) bond motifs is 1. The van der Waals surface area contributed by atoms with Gasteiger partial charge in [-0.15, -0.1) is 11.3 Å². The first-order valence-corrected chi connectivity index (χ1v) is 9.52. The summed E-state index contributed by atoms with van der Waals surface area (Å²) < 4.78 is 5.99. The van der Waals surface area contributed by atoms with E-state index in [4.69, 9.17) is 4.74 Å². The summed E-state index contributed by atoms with van der Waals surface area (Å²) in [6.45, 7) is 3.42. The van der Waals surface area contributed by atoms with Crippen molar-refractivity contribution in [1.29, 1.82) is 0 Å². The summed E-state index contributed by atoms with van der Waals surface area (Å²) in [4.78, 5) is 16.0. The first-order valence-electron chi connectivity index (χ1n) is 8.64. The fraction of sp³-hybridized carbons (Fsp3) is 0.190. The Hall–Kier alpha value is -2.79. The lowest BCUT2D eigenvalue weighted by Gasteiger charge is -2.27. The molecular formula is C21H20N2O2S. The second-order valence-electron chi connectivity index (χ2n) is 6.39. The molecule has 0 aliphatic carbocycles. The van der Waals surface area contributed by atoms with Gasteiger partial charge in [0, 0.05) is 18.0 Å². The van der Waals surface area contributed by atoms with Gasteiger partial charge in [0.15, 0.2) is 5.75 Å². The standard InChI is InChI=1S/C21H20N2O2S/c1-15-5-4-6-17(13-15)25-19-8-3-2-7-18(19)22-21(24)23-11-9-20-16(14-23)10-12-26-20/h2-8,10,12-13H,9,11,14H2,1H3,(H,22,24). The van der Waals surface area contributed by atoms with Gasteiger partial charge in [0.25, 0.3) is 0 Å². The SMILES string of the molecule is Cc1cccc(Oc2ccccc2NC(=O)N2CCc3sccc3C2)c1. The number of ether oxygens (including phenoxy) is 1. The average molecular weight is 364 g/mol. The van der Waals surface area contributed by atoms with Gasteiger partial charge in [0.05, 0.1) is 5.69 Å². The van der Waals surface area contributed by atoms with Gasteiger partial charge in [0.1, 0.15) is 5.75 Å². The molecule has 1 aromatic heterocycles. The van der Waals surface area contributed by atoms with Crippen LogP contribution in [0.4, 0.5) is 10.5 Å². The lowest BCUT2D eigenvalue weighted by molar-refractivity contribution is 0.206. The molecule has 0 saturated carbocycles. The van der Waals surface area contributed by atoms with Crippen molar-refractivity contribution in [3.63, 3.8) is 0 Å². The van der Waals surface area contributed by atoms with Crippen molar-refractivity contribution in [2.45, 2.75) is 19.9 Å². The van der Waals surface area contributed by atoms with Gasteiger partial charge in [-0.05, 0) is 60.2 Å². The zero-order valence-electron chi connectivity index (χ0n) is 14.6. The average Bonchev–Trinajstić information content (AvgIpc) is 3.11. The molecule has 2 aromatic carbocycles. The maximum absolute atomic E-state index is 12.7. The van der Waals surface area contributed by atoms with E-state index in [0.717, 1.165) is 24.3 Å². The summed E-state index contributed by atoms with van der Waals surface area (Å²) in [6.07, 6.45) is 0.919. The molecule has 0 unspecified atom stereocenters. The van der Waals surface area contributed by atoms with Crippen LogP contribution in [-0.2, 0) is 13.0 Å². The number of carbonyl (C=O) groups is 1. The Kier molecular flexibility index (Phi) is 4.63. The zero-order valence-corrected chi connectivity index (χ0v) is 15.4. The van der Waals surface area contributed by atoms with Crippen LogP contribution in [0.5, 0.6) is 11.5 Å². The second kappa shape index (κ2) is 7.22. The van der Waals surface area contributed by atoms with Crippen molar-refractivity contribution in [2.75, 3.05) is 11.9 Å². The Morgan fingerprint density at radius 1 is 1.15 bits per heavy atom. The van der Waals surface area contributed by atoms with Crippen molar-refractivity contribution in [2.24, 2.45) is 0 Å². The van der Waals surface area contributed by atoms with Crippen LogP contribution in [0, 0.1) is 6.92 Å². The highest BCUT2D eigenvalue weighted by Crippen LogP contribution is 2.30. The molecular weight excluding hydrogens is 344 g/mol. The van der Waals surface area contributed by atoms with Crippen LogP contribution in [0.3, 0.4) is 0 Å². The number of carbonyl (C=O) groups excluding carboxylic acids is 1. The summed E-state index contributed by atoms with van der Waals surface area (Å²) in [7, 11) is 0. The number of thiophene rings is 1. The molecule has 1 aliphatic heterocycles. The number of nitrogens with one attached hydrogen (secondary N) is 1. The number of hydrogen-bond acceptors (Lipinski definition) is 3. The third-order valence-electron chi connectivity index (χ3n) is 4.44. The predicted octanol–water partition coefficient (Wildman–Crippen LogP) is 5.44. The minimum absolute atomic E-state index is 0.0952. The predicted molar refractivity (Wildman–Crippen MR) is 105 cm³/mol. The van der Waals surface area contributed by atoms with Crippen LogP contribution in [-0.4, -0.2) is 17.5 Å². The molecule has 4 nitrogen and oxygen atoms in total. The number of nitrogens with zero attached hydrogens (tertiary/aromatic N) is 1. The normalized spacial score (nSPS) is 13.2. The first kappa shape index (κ1) is 16.7. The van der Waals surface area contributed by atoms with Gasteiger partial charge in [0.2, 0.25) is 0 Å². The van der Waals surface area contributed by atoms with E-state index in [2.05, 4.69) is 16.8 Å². The Morgan fingerprint density at radius 2 is 2.04 bits per heavy atom. The lowest BCUT2D eigenvalue weighted by Crippen LogP contribution is -2.38. The van der Waals surface area contributed by atoms with Crippen molar-refractivity contribution < 1.29 is 9.53 Å². The maximum Gasteiger partial charge on any atom is 0.322 e. The number of anilines is 1. The number of rotatable bonds is 3. The van der Waals surface area contributed by atoms with Gasteiger partial charge in [-0.1, -0.05) is 24.3 Å². The van der Waals surface area contributed by atoms with Crippen molar-refractivity contribution in [3.05, 3.63) is 76.0 Å². The van der Waals surface area contributed by atoms with Gasteiger partial charge < -0.3 is 15.0 Å². The molecule has 0 spiro atoms. The van der Waals surface area contributed by atoms with Crippen LogP contribution in [0.15, 0.2) is 60.0 Å². The molecule has 1 aliphatic rings. The molecule has 1 N–H and O–H groups in total. The molecule has 0 bridgehead atoms. The Morgan fingerprint density at radius 3 is 2.92 bits per heavy atom. The number of para-hydroxylation sites is 2. The number of benzene rings is 2. The van der Waals surface area contributed by atoms with E-state index in [9.17, 15) is 4.79 Å². The summed E-state index contributed by atoms with van der Waals surface area (Å²) in [5, 5.41) is 5.10. The summed E-state index contributed by atoms with van der Waals surface area (Å²) in [6, 6.07) is 17.4. The van der Waals surface area contributed by atoms with Gasteiger partial charge >= 0.3 is 6.03 Å². The minimum Gasteiger partial charge on any atom is -0.455 e. The fourth-order valence-electron chi connectivity index (χ4n) is 3.08. The molecule has 0 saturated heterocycles. The van der Waals surface area contributed by atoms with Crippen LogP contribution in [0.2, 0.25) is 0 Å². The van der Waals surface area contributed by atoms with E-state index in [-0.39, 0.29) is 6.03 Å². The van der Waals surface area contributed by atoms with E-state index < -0.39 is 0 Å². The highest BCUT2D eigenvalue weighted by Gasteiger charge is 2.22. The monoisotopic (exact) mass is 364 g/mol. The number of amides is 2. The van der Waals surface area contributed by atoms with E-state index in [1.54, 1.807) is 11.3 Å². The molecule has 2 heterocycles. The molecule has 3 aromatic rings. The third kappa shape index (κ3) is 3.58.